The van der Waals surface area contributed by atoms with E-state index in [2.05, 4.69) is 4.98 Å². The smallest absolute Gasteiger partial charge is 0.355 e. The van der Waals surface area contributed by atoms with E-state index in [0.717, 1.165) is 0 Å². The maximum Gasteiger partial charge on any atom is 0.355 e. The van der Waals surface area contributed by atoms with Gasteiger partial charge in [0.15, 0.2) is 5.78 Å². The van der Waals surface area contributed by atoms with Gasteiger partial charge in [-0.05, 0) is 44.4 Å². The van der Waals surface area contributed by atoms with Crippen LogP contribution in [0.4, 0.5) is 0 Å². The summed E-state index contributed by atoms with van der Waals surface area (Å²) in [6.07, 6.45) is 0. The van der Waals surface area contributed by atoms with Crippen molar-refractivity contribution in [2.45, 2.75) is 39.5 Å². The van der Waals surface area contributed by atoms with Crippen molar-refractivity contribution in [2.75, 3.05) is 19.7 Å². The number of ether oxygens (including phenoxy) is 1. The van der Waals surface area contributed by atoms with Gasteiger partial charge in [0, 0.05) is 17.8 Å². The highest BCUT2D eigenvalue weighted by Gasteiger charge is 2.30. The molecule has 8 heteroatoms. The predicted octanol–water partition coefficient (Wildman–Crippen LogP) is 3.34. The van der Waals surface area contributed by atoms with Gasteiger partial charge >= 0.3 is 5.97 Å². The summed E-state index contributed by atoms with van der Waals surface area (Å²) in [6.45, 7) is 8.94. The van der Waals surface area contributed by atoms with Crippen LogP contribution in [0.1, 0.15) is 52.9 Å². The molecule has 0 saturated heterocycles. The van der Waals surface area contributed by atoms with Crippen LogP contribution in [-0.2, 0) is 14.8 Å². The first-order valence-electron chi connectivity index (χ1n) is 9.54. The monoisotopic (exact) mass is 420 g/mol. The zero-order valence-electron chi connectivity index (χ0n) is 17.5. The first kappa shape index (κ1) is 22.8. The summed E-state index contributed by atoms with van der Waals surface area (Å²) in [5.74, 6) is -0.875. The van der Waals surface area contributed by atoms with Crippen molar-refractivity contribution in [2.24, 2.45) is 5.92 Å². The number of Topliss-reactive ketones (excluding diaryl/α,β-unsaturated/α-hetero) is 1. The fraction of sp³-hybridized carbons (Fsp3) is 0.429. The summed E-state index contributed by atoms with van der Waals surface area (Å²) in [5.41, 5.74) is 1.52. The number of rotatable bonds is 9. The Morgan fingerprint density at radius 1 is 1.14 bits per heavy atom. The molecule has 158 valence electrons. The molecule has 0 radical (unpaired) electrons. The molecule has 2 rings (SSSR count). The summed E-state index contributed by atoms with van der Waals surface area (Å²) in [4.78, 5) is 28.2. The van der Waals surface area contributed by atoms with Gasteiger partial charge in [-0.3, -0.25) is 4.79 Å². The number of hydrogen-bond acceptors (Lipinski definition) is 5. The lowest BCUT2D eigenvalue weighted by atomic mass is 10.1. The zero-order valence-corrected chi connectivity index (χ0v) is 18.3. The molecule has 1 N–H and O–H groups in total. The van der Waals surface area contributed by atoms with Crippen LogP contribution in [0.3, 0.4) is 0 Å². The number of hydrogen-bond donors (Lipinski definition) is 1. The second-order valence-electron chi connectivity index (χ2n) is 7.27. The summed E-state index contributed by atoms with van der Waals surface area (Å²) in [7, 11) is -3.83. The number of aromatic nitrogens is 1. The molecule has 0 saturated carbocycles. The Hall–Kier alpha value is -2.45. The van der Waals surface area contributed by atoms with Crippen LogP contribution in [0.25, 0.3) is 0 Å². The average molecular weight is 421 g/mol. The largest absolute Gasteiger partial charge is 0.461 e. The quantitative estimate of drug-likeness (QED) is 0.496. The van der Waals surface area contributed by atoms with Gasteiger partial charge in [-0.25, -0.2) is 13.2 Å². The Bertz CT molecular complexity index is 978. The summed E-state index contributed by atoms with van der Waals surface area (Å²) >= 11 is 0. The Morgan fingerprint density at radius 2 is 1.76 bits per heavy atom. The number of nitrogens with zero attached hydrogens (tertiary/aromatic N) is 1. The normalized spacial score (nSPS) is 11.8. The minimum absolute atomic E-state index is 0.0322. The highest BCUT2D eigenvalue weighted by atomic mass is 32.2. The molecule has 1 aromatic heterocycles. The van der Waals surface area contributed by atoms with E-state index in [9.17, 15) is 18.0 Å². The molecule has 1 aromatic carbocycles. The molecule has 7 nitrogen and oxygen atoms in total. The molecule has 0 aliphatic carbocycles. The van der Waals surface area contributed by atoms with E-state index in [4.69, 9.17) is 4.74 Å². The first-order valence-corrected chi connectivity index (χ1v) is 11.0. The number of sulfonamides is 1. The third kappa shape index (κ3) is 5.13. The molecule has 2 aromatic rings. The number of carbonyl (C=O) groups is 2. The second kappa shape index (κ2) is 9.37. The first-order chi connectivity index (χ1) is 13.6. The van der Waals surface area contributed by atoms with Gasteiger partial charge in [-0.15, -0.1) is 0 Å². The van der Waals surface area contributed by atoms with Crippen molar-refractivity contribution in [3.63, 3.8) is 0 Å². The number of carbonyl (C=O) groups excluding carboxylic acids is 2. The minimum Gasteiger partial charge on any atom is -0.461 e. The Balaban J connectivity index is 2.38. The van der Waals surface area contributed by atoms with Crippen LogP contribution >= 0.6 is 0 Å². The van der Waals surface area contributed by atoms with Crippen LogP contribution in [-0.4, -0.2) is 49.2 Å². The van der Waals surface area contributed by atoms with Crippen LogP contribution in [0, 0.1) is 19.8 Å². The van der Waals surface area contributed by atoms with Gasteiger partial charge in [-0.1, -0.05) is 32.0 Å². The Labute approximate surface area is 172 Å². The molecule has 0 atom stereocenters. The molecular weight excluding hydrogens is 392 g/mol. The highest BCUT2D eigenvalue weighted by Crippen LogP contribution is 2.22. The summed E-state index contributed by atoms with van der Waals surface area (Å²) < 4.78 is 32.4. The Morgan fingerprint density at radius 3 is 2.31 bits per heavy atom. The van der Waals surface area contributed by atoms with Crippen LogP contribution < -0.4 is 0 Å². The van der Waals surface area contributed by atoms with E-state index in [1.165, 1.54) is 16.4 Å². The van der Waals surface area contributed by atoms with Gasteiger partial charge in [0.25, 0.3) is 0 Å². The van der Waals surface area contributed by atoms with Crippen molar-refractivity contribution < 1.29 is 22.7 Å². The lowest BCUT2D eigenvalue weighted by Gasteiger charge is -2.23. The van der Waals surface area contributed by atoms with Crippen molar-refractivity contribution in [3.8, 4) is 0 Å². The van der Waals surface area contributed by atoms with Crippen molar-refractivity contribution in [3.05, 3.63) is 52.8 Å². The molecule has 0 amide bonds. The molecule has 0 spiro atoms. The topological polar surface area (TPSA) is 96.5 Å². The minimum atomic E-state index is -3.83. The second-order valence-corrected chi connectivity index (χ2v) is 9.21. The van der Waals surface area contributed by atoms with Gasteiger partial charge < -0.3 is 9.72 Å². The molecule has 29 heavy (non-hydrogen) atoms. The van der Waals surface area contributed by atoms with Crippen LogP contribution in [0.5, 0.6) is 0 Å². The Kier molecular flexibility index (Phi) is 7.37. The van der Waals surface area contributed by atoms with Crippen molar-refractivity contribution in [1.29, 1.82) is 0 Å². The number of benzene rings is 1. The fourth-order valence-corrected chi connectivity index (χ4v) is 4.79. The van der Waals surface area contributed by atoms with Crippen LogP contribution in [0.2, 0.25) is 0 Å². The molecule has 0 bridgehead atoms. The summed E-state index contributed by atoms with van der Waals surface area (Å²) in [5, 5.41) is 0. The van der Waals surface area contributed by atoms with E-state index in [-0.39, 0.29) is 42.0 Å². The molecule has 0 aliphatic heterocycles. The maximum atomic E-state index is 13.1. The van der Waals surface area contributed by atoms with Gasteiger partial charge in [0.2, 0.25) is 10.0 Å². The van der Waals surface area contributed by atoms with Crippen LogP contribution in [0.15, 0.2) is 35.2 Å². The number of aryl methyl sites for hydroxylation is 1. The molecular formula is C21H28N2O5S. The zero-order chi connectivity index (χ0) is 21.8. The van der Waals surface area contributed by atoms with E-state index in [0.29, 0.717) is 16.8 Å². The molecule has 0 fully saturated rings. The number of nitrogens with one attached hydrogen (secondary N) is 1. The SMILES string of the molecule is CCOC(=O)c1[nH]c(C)c(C(=O)CN(CC(C)C)S(=O)(=O)c2ccccc2)c1C. The van der Waals surface area contributed by atoms with E-state index in [1.807, 2.05) is 13.8 Å². The molecule has 0 unspecified atom stereocenters. The molecule has 0 aliphatic rings. The number of H-pyrrole nitrogens is 1. The number of aromatic amines is 1. The van der Waals surface area contributed by atoms with Gasteiger partial charge in [-0.2, -0.15) is 4.31 Å². The highest BCUT2D eigenvalue weighted by molar-refractivity contribution is 7.89. The third-order valence-electron chi connectivity index (χ3n) is 4.47. The fourth-order valence-electron chi connectivity index (χ4n) is 3.21. The third-order valence-corrected chi connectivity index (χ3v) is 6.29. The van der Waals surface area contributed by atoms with E-state index in [1.54, 1.807) is 39.0 Å². The predicted molar refractivity (Wildman–Crippen MR) is 111 cm³/mol. The van der Waals surface area contributed by atoms with E-state index < -0.39 is 16.0 Å². The van der Waals surface area contributed by atoms with Gasteiger partial charge in [0.1, 0.15) is 5.69 Å². The van der Waals surface area contributed by atoms with Crippen molar-refractivity contribution in [1.82, 2.24) is 9.29 Å². The number of esters is 1. The lowest BCUT2D eigenvalue weighted by Crippen LogP contribution is -2.38. The summed E-state index contributed by atoms with van der Waals surface area (Å²) in [6, 6.07) is 8.06. The number of ketones is 1. The standard InChI is InChI=1S/C21H28N2O5S/c1-6-28-21(25)20-15(4)19(16(5)22-20)18(24)13-23(12-14(2)3)29(26,27)17-10-8-7-9-11-17/h7-11,14,22H,6,12-13H2,1-5H3. The van der Waals surface area contributed by atoms with Crippen molar-refractivity contribution >= 4 is 21.8 Å². The lowest BCUT2D eigenvalue weighted by molar-refractivity contribution is 0.0519. The molecule has 1 heterocycles. The van der Waals surface area contributed by atoms with E-state index >= 15 is 0 Å². The van der Waals surface area contributed by atoms with Gasteiger partial charge in [0.05, 0.1) is 18.0 Å². The average Bonchev–Trinajstić information content (AvgIpc) is 2.96. The maximum absolute atomic E-state index is 13.1.